The van der Waals surface area contributed by atoms with E-state index in [-0.39, 0.29) is 0 Å². The largest absolute Gasteiger partial charge is 0.361 e. The molecule has 0 aromatic carbocycles. The SMILES string of the molecule is Cc1cc(N2CCN(Cc3c(C)noc3C)CC2)nc(C2CC2)n1. The standard InChI is InChI=1S/C18H25N5O/c1-12-10-17(20-18(19-12)15-4-5-15)23-8-6-22(7-9-23)11-16-13(2)21-24-14(16)3/h10,15H,4-9,11H2,1-3H3. The first-order valence-electron chi connectivity index (χ1n) is 8.85. The quantitative estimate of drug-likeness (QED) is 0.860. The lowest BCUT2D eigenvalue weighted by Crippen LogP contribution is -2.46. The van der Waals surface area contributed by atoms with E-state index in [1.54, 1.807) is 0 Å². The molecule has 0 bridgehead atoms. The van der Waals surface area contributed by atoms with Crippen molar-refractivity contribution in [1.29, 1.82) is 0 Å². The average Bonchev–Trinajstić information content (AvgIpc) is 3.38. The number of nitrogens with zero attached hydrogens (tertiary/aromatic N) is 5. The normalized spacial score (nSPS) is 19.0. The summed E-state index contributed by atoms with van der Waals surface area (Å²) in [5.74, 6) is 3.68. The van der Waals surface area contributed by atoms with Crippen molar-refractivity contribution < 1.29 is 4.52 Å². The topological polar surface area (TPSA) is 58.3 Å². The molecule has 3 heterocycles. The Morgan fingerprint density at radius 2 is 1.83 bits per heavy atom. The minimum Gasteiger partial charge on any atom is -0.361 e. The molecule has 0 atom stereocenters. The lowest BCUT2D eigenvalue weighted by molar-refractivity contribution is 0.247. The van der Waals surface area contributed by atoms with E-state index in [2.05, 4.69) is 32.9 Å². The number of hydrogen-bond acceptors (Lipinski definition) is 6. The molecule has 24 heavy (non-hydrogen) atoms. The zero-order valence-corrected chi connectivity index (χ0v) is 14.7. The summed E-state index contributed by atoms with van der Waals surface area (Å²) >= 11 is 0. The fraction of sp³-hybridized carbons (Fsp3) is 0.611. The van der Waals surface area contributed by atoms with Crippen molar-refractivity contribution in [1.82, 2.24) is 20.0 Å². The van der Waals surface area contributed by atoms with E-state index < -0.39 is 0 Å². The molecule has 2 aromatic rings. The van der Waals surface area contributed by atoms with E-state index in [1.165, 1.54) is 18.4 Å². The van der Waals surface area contributed by atoms with Gasteiger partial charge < -0.3 is 9.42 Å². The summed E-state index contributed by atoms with van der Waals surface area (Å²) in [5, 5.41) is 4.06. The van der Waals surface area contributed by atoms with Crippen molar-refractivity contribution in [3.05, 3.63) is 34.6 Å². The second-order valence-corrected chi connectivity index (χ2v) is 7.07. The molecular weight excluding hydrogens is 302 g/mol. The number of hydrogen-bond donors (Lipinski definition) is 0. The Kier molecular flexibility index (Phi) is 4.00. The molecule has 1 aliphatic heterocycles. The van der Waals surface area contributed by atoms with Crippen LogP contribution >= 0.6 is 0 Å². The monoisotopic (exact) mass is 327 g/mol. The van der Waals surface area contributed by atoms with E-state index in [1.807, 2.05) is 13.8 Å². The molecule has 0 unspecified atom stereocenters. The van der Waals surface area contributed by atoms with Crippen LogP contribution in [0.4, 0.5) is 5.82 Å². The fourth-order valence-corrected chi connectivity index (χ4v) is 3.35. The molecule has 0 spiro atoms. The van der Waals surface area contributed by atoms with Gasteiger partial charge in [0.2, 0.25) is 0 Å². The van der Waals surface area contributed by atoms with Crippen LogP contribution in [-0.2, 0) is 6.54 Å². The highest BCUT2D eigenvalue weighted by Gasteiger charge is 2.28. The van der Waals surface area contributed by atoms with Gasteiger partial charge in [0, 0.05) is 56.0 Å². The summed E-state index contributed by atoms with van der Waals surface area (Å²) in [4.78, 5) is 14.3. The van der Waals surface area contributed by atoms with Crippen molar-refractivity contribution in [3.8, 4) is 0 Å². The number of aryl methyl sites for hydroxylation is 3. The van der Waals surface area contributed by atoms with Gasteiger partial charge in [0.15, 0.2) is 0 Å². The Hall–Kier alpha value is -1.95. The smallest absolute Gasteiger partial charge is 0.138 e. The number of rotatable bonds is 4. The second-order valence-electron chi connectivity index (χ2n) is 7.07. The van der Waals surface area contributed by atoms with Crippen LogP contribution in [0.25, 0.3) is 0 Å². The van der Waals surface area contributed by atoms with Gasteiger partial charge in [-0.05, 0) is 33.6 Å². The van der Waals surface area contributed by atoms with Crippen LogP contribution < -0.4 is 4.90 Å². The highest BCUT2D eigenvalue weighted by Crippen LogP contribution is 2.38. The van der Waals surface area contributed by atoms with E-state index in [0.717, 1.165) is 61.5 Å². The van der Waals surface area contributed by atoms with Gasteiger partial charge in [-0.15, -0.1) is 0 Å². The van der Waals surface area contributed by atoms with Gasteiger partial charge in [0.1, 0.15) is 17.4 Å². The average molecular weight is 327 g/mol. The molecule has 0 amide bonds. The summed E-state index contributed by atoms with van der Waals surface area (Å²) < 4.78 is 5.28. The van der Waals surface area contributed by atoms with Crippen LogP contribution in [0.15, 0.2) is 10.6 Å². The third-order valence-corrected chi connectivity index (χ3v) is 5.06. The van der Waals surface area contributed by atoms with Crippen LogP contribution in [0.5, 0.6) is 0 Å². The van der Waals surface area contributed by atoms with Gasteiger partial charge in [0.05, 0.1) is 5.69 Å². The predicted molar refractivity (Wildman–Crippen MR) is 92.2 cm³/mol. The number of anilines is 1. The van der Waals surface area contributed by atoms with E-state index in [9.17, 15) is 0 Å². The first kappa shape index (κ1) is 15.6. The maximum Gasteiger partial charge on any atom is 0.138 e. The van der Waals surface area contributed by atoms with E-state index >= 15 is 0 Å². The minimum absolute atomic E-state index is 0.601. The van der Waals surface area contributed by atoms with Gasteiger partial charge in [-0.2, -0.15) is 0 Å². The summed E-state index contributed by atoms with van der Waals surface area (Å²) in [6.45, 7) is 11.1. The molecule has 2 aliphatic rings. The molecule has 0 N–H and O–H groups in total. The zero-order chi connectivity index (χ0) is 16.7. The van der Waals surface area contributed by atoms with Crippen molar-refractivity contribution in [2.45, 2.75) is 46.1 Å². The summed E-state index contributed by atoms with van der Waals surface area (Å²) in [6, 6.07) is 2.12. The van der Waals surface area contributed by atoms with Crippen LogP contribution in [0, 0.1) is 20.8 Å². The van der Waals surface area contributed by atoms with E-state index in [0.29, 0.717) is 5.92 Å². The molecule has 2 aromatic heterocycles. The molecule has 1 saturated heterocycles. The number of piperazine rings is 1. The molecule has 1 saturated carbocycles. The maximum absolute atomic E-state index is 5.28. The number of aromatic nitrogens is 3. The van der Waals surface area contributed by atoms with Gasteiger partial charge in [-0.25, -0.2) is 9.97 Å². The Balaban J connectivity index is 1.41. The van der Waals surface area contributed by atoms with Gasteiger partial charge >= 0.3 is 0 Å². The third kappa shape index (κ3) is 3.15. The molecule has 6 heteroatoms. The molecule has 0 radical (unpaired) electrons. The second kappa shape index (κ2) is 6.16. The minimum atomic E-state index is 0.601. The molecule has 1 aliphatic carbocycles. The van der Waals surface area contributed by atoms with Gasteiger partial charge in [-0.3, -0.25) is 4.90 Å². The van der Waals surface area contributed by atoms with Gasteiger partial charge in [0.25, 0.3) is 0 Å². The summed E-state index contributed by atoms with van der Waals surface area (Å²) in [5.41, 5.74) is 3.33. The lowest BCUT2D eigenvalue weighted by atomic mass is 10.2. The van der Waals surface area contributed by atoms with Gasteiger partial charge in [-0.1, -0.05) is 5.16 Å². The zero-order valence-electron chi connectivity index (χ0n) is 14.7. The molecule has 128 valence electrons. The predicted octanol–water partition coefficient (Wildman–Crippen LogP) is 2.59. The Morgan fingerprint density at radius 1 is 1.08 bits per heavy atom. The Labute approximate surface area is 142 Å². The summed E-state index contributed by atoms with van der Waals surface area (Å²) in [6.07, 6.45) is 2.49. The Bertz CT molecular complexity index is 710. The van der Waals surface area contributed by atoms with Crippen LogP contribution in [0.3, 0.4) is 0 Å². The molecular formula is C18H25N5O. The van der Waals surface area contributed by atoms with Crippen molar-refractivity contribution in [3.63, 3.8) is 0 Å². The first-order valence-corrected chi connectivity index (χ1v) is 8.85. The van der Waals surface area contributed by atoms with Crippen molar-refractivity contribution in [2.75, 3.05) is 31.1 Å². The third-order valence-electron chi connectivity index (χ3n) is 5.06. The van der Waals surface area contributed by atoms with Crippen LogP contribution in [-0.4, -0.2) is 46.2 Å². The fourth-order valence-electron chi connectivity index (χ4n) is 3.35. The van der Waals surface area contributed by atoms with Crippen LogP contribution in [0.2, 0.25) is 0 Å². The molecule has 2 fully saturated rings. The van der Waals surface area contributed by atoms with E-state index in [4.69, 9.17) is 9.51 Å². The highest BCUT2D eigenvalue weighted by molar-refractivity contribution is 5.41. The molecule has 4 rings (SSSR count). The van der Waals surface area contributed by atoms with Crippen molar-refractivity contribution in [2.24, 2.45) is 0 Å². The van der Waals surface area contributed by atoms with Crippen LogP contribution in [0.1, 0.15) is 47.3 Å². The van der Waals surface area contributed by atoms with Crippen molar-refractivity contribution >= 4 is 5.82 Å². The summed E-state index contributed by atoms with van der Waals surface area (Å²) in [7, 11) is 0. The highest BCUT2D eigenvalue weighted by atomic mass is 16.5. The first-order chi connectivity index (χ1) is 11.6. The molecule has 6 nitrogen and oxygen atoms in total. The maximum atomic E-state index is 5.28. The lowest BCUT2D eigenvalue weighted by Gasteiger charge is -2.35. The Morgan fingerprint density at radius 3 is 2.46 bits per heavy atom.